The van der Waals surface area contributed by atoms with E-state index in [9.17, 15) is 0 Å². The lowest BCUT2D eigenvalue weighted by atomic mass is 10.8. The predicted octanol–water partition coefficient (Wildman–Crippen LogP) is 1.23. The van der Waals surface area contributed by atoms with Gasteiger partial charge >= 0.3 is 0 Å². The number of halogens is 3. The summed E-state index contributed by atoms with van der Waals surface area (Å²) in [5, 5.41) is 0. The molecule has 2 N–H and O–H groups in total. The van der Waals surface area contributed by atoms with Crippen molar-refractivity contribution in [3.05, 3.63) is 0 Å². The molecular weight excluding hydrogens is 144 g/mol. The van der Waals surface area contributed by atoms with E-state index in [0.717, 1.165) is 6.54 Å². The van der Waals surface area contributed by atoms with Crippen LogP contribution in [-0.2, 0) is 0 Å². The Balaban J connectivity index is -0.00000000667. The van der Waals surface area contributed by atoms with Gasteiger partial charge in [-0.2, -0.15) is 0 Å². The number of hydrogen-bond acceptors (Lipinski definition) is 1. The summed E-state index contributed by atoms with van der Waals surface area (Å²) < 4.78 is 0. The molecule has 0 heterocycles. The van der Waals surface area contributed by atoms with Gasteiger partial charge < -0.3 is 5.73 Å². The van der Waals surface area contributed by atoms with Crippen molar-refractivity contribution >= 4 is 37.2 Å². The topological polar surface area (TPSA) is 26.0 Å². The van der Waals surface area contributed by atoms with Gasteiger partial charge in [0.05, 0.1) is 0 Å². The summed E-state index contributed by atoms with van der Waals surface area (Å²) in [7, 11) is 0. The molecular formula is C2H10Cl3N. The first-order valence-electron chi connectivity index (χ1n) is 1.12. The first kappa shape index (κ1) is 29.0. The molecule has 0 aromatic heterocycles. The molecule has 0 aliphatic rings. The summed E-state index contributed by atoms with van der Waals surface area (Å²) in [4.78, 5) is 0. The predicted molar refractivity (Wildman–Crippen MR) is 36.5 cm³/mol. The Kier molecular flexibility index (Phi) is 196. The third-order valence-corrected chi connectivity index (χ3v) is 0. The molecule has 0 bridgehead atoms. The third kappa shape index (κ3) is 103. The number of rotatable bonds is 0. The van der Waals surface area contributed by atoms with Crippen LogP contribution in [0.15, 0.2) is 0 Å². The average molecular weight is 154 g/mol. The molecule has 0 radical (unpaired) electrons. The van der Waals surface area contributed by atoms with Crippen molar-refractivity contribution in [3.63, 3.8) is 0 Å². The van der Waals surface area contributed by atoms with E-state index in [1.54, 1.807) is 0 Å². The van der Waals surface area contributed by atoms with Crippen LogP contribution in [-0.4, -0.2) is 6.54 Å². The molecule has 0 spiro atoms. The minimum Gasteiger partial charge on any atom is -0.331 e. The Hall–Kier alpha value is 0.830. The highest BCUT2D eigenvalue weighted by molar-refractivity contribution is 5.86. The highest BCUT2D eigenvalue weighted by Crippen LogP contribution is 1.20. The van der Waals surface area contributed by atoms with Crippen molar-refractivity contribution in [2.75, 3.05) is 6.54 Å². The third-order valence-electron chi connectivity index (χ3n) is 0. The Bertz CT molecular complexity index is 8.75. The van der Waals surface area contributed by atoms with E-state index in [1.165, 1.54) is 0 Å². The van der Waals surface area contributed by atoms with Gasteiger partial charge in [-0.25, -0.2) is 0 Å². The molecule has 0 aliphatic carbocycles. The number of nitrogens with two attached hydrogens (primary N) is 1. The van der Waals surface area contributed by atoms with Crippen LogP contribution in [0.1, 0.15) is 6.92 Å². The summed E-state index contributed by atoms with van der Waals surface area (Å²) in [5.74, 6) is 0. The largest absolute Gasteiger partial charge is 0.331 e. The van der Waals surface area contributed by atoms with Crippen molar-refractivity contribution in [1.82, 2.24) is 0 Å². The minimum atomic E-state index is 0. The Morgan fingerprint density at radius 2 is 1.17 bits per heavy atom. The molecule has 0 aliphatic heterocycles. The lowest BCUT2D eigenvalue weighted by molar-refractivity contribution is 1.14. The summed E-state index contributed by atoms with van der Waals surface area (Å²) in [6, 6.07) is 0. The first-order valence-corrected chi connectivity index (χ1v) is 1.12. The van der Waals surface area contributed by atoms with Gasteiger partial charge in [-0.15, -0.1) is 37.2 Å². The molecule has 1 nitrogen and oxygen atoms in total. The van der Waals surface area contributed by atoms with Crippen LogP contribution in [0.25, 0.3) is 0 Å². The fourth-order valence-electron chi connectivity index (χ4n) is 0. The van der Waals surface area contributed by atoms with Crippen molar-refractivity contribution < 1.29 is 0 Å². The molecule has 0 rings (SSSR count). The lowest BCUT2D eigenvalue weighted by Crippen LogP contribution is -1.87. The van der Waals surface area contributed by atoms with E-state index in [4.69, 9.17) is 5.73 Å². The SMILES string of the molecule is CCN.Cl.Cl.Cl. The van der Waals surface area contributed by atoms with Crippen molar-refractivity contribution in [1.29, 1.82) is 0 Å². The highest BCUT2D eigenvalue weighted by Gasteiger charge is 1.32. The highest BCUT2D eigenvalue weighted by atomic mass is 35.5. The second-order valence-corrected chi connectivity index (χ2v) is 0.408. The maximum absolute atomic E-state index is 4.85. The number of hydrogen-bond donors (Lipinski definition) is 1. The van der Waals surface area contributed by atoms with E-state index in [1.807, 2.05) is 6.92 Å². The Labute approximate surface area is 56.9 Å². The molecule has 0 aromatic carbocycles. The van der Waals surface area contributed by atoms with E-state index in [-0.39, 0.29) is 37.2 Å². The quantitative estimate of drug-likeness (QED) is 0.558. The lowest BCUT2D eigenvalue weighted by Gasteiger charge is -1.53. The smallest absolute Gasteiger partial charge is 0.0106 e. The molecule has 0 atom stereocenters. The molecule has 0 unspecified atom stereocenters. The summed E-state index contributed by atoms with van der Waals surface area (Å²) >= 11 is 0. The van der Waals surface area contributed by atoms with Crippen LogP contribution < -0.4 is 5.73 Å². The van der Waals surface area contributed by atoms with Gasteiger partial charge in [-0.3, -0.25) is 0 Å². The van der Waals surface area contributed by atoms with Gasteiger partial charge in [0.25, 0.3) is 0 Å². The van der Waals surface area contributed by atoms with Gasteiger partial charge in [0.2, 0.25) is 0 Å². The van der Waals surface area contributed by atoms with E-state index >= 15 is 0 Å². The zero-order chi connectivity index (χ0) is 2.71. The zero-order valence-electron chi connectivity index (χ0n) is 3.51. The first-order chi connectivity index (χ1) is 1.41. The molecule has 0 aromatic rings. The minimum absolute atomic E-state index is 0. The summed E-state index contributed by atoms with van der Waals surface area (Å²) in [6.07, 6.45) is 0. The molecule has 4 heteroatoms. The molecule has 44 valence electrons. The molecule has 0 saturated heterocycles. The van der Waals surface area contributed by atoms with Crippen molar-refractivity contribution in [3.8, 4) is 0 Å². The van der Waals surface area contributed by atoms with Crippen LogP contribution in [0.2, 0.25) is 0 Å². The van der Waals surface area contributed by atoms with Gasteiger partial charge in [0.15, 0.2) is 0 Å². The average Bonchev–Trinajstić information content (AvgIpc) is 0.918. The molecule has 0 amide bonds. The van der Waals surface area contributed by atoms with Gasteiger partial charge in [0.1, 0.15) is 0 Å². The van der Waals surface area contributed by atoms with Crippen LogP contribution in [0.4, 0.5) is 0 Å². The fourth-order valence-corrected chi connectivity index (χ4v) is 0. The van der Waals surface area contributed by atoms with E-state index in [2.05, 4.69) is 0 Å². The molecule has 0 saturated carbocycles. The molecule has 0 fully saturated rings. The van der Waals surface area contributed by atoms with Crippen LogP contribution >= 0.6 is 37.2 Å². The molecule has 6 heavy (non-hydrogen) atoms. The van der Waals surface area contributed by atoms with Crippen molar-refractivity contribution in [2.24, 2.45) is 5.73 Å². The summed E-state index contributed by atoms with van der Waals surface area (Å²) in [5.41, 5.74) is 4.85. The summed E-state index contributed by atoms with van der Waals surface area (Å²) in [6.45, 7) is 2.65. The van der Waals surface area contributed by atoms with Crippen LogP contribution in [0.3, 0.4) is 0 Å². The van der Waals surface area contributed by atoms with Gasteiger partial charge in [-0.1, -0.05) is 6.92 Å². The van der Waals surface area contributed by atoms with Gasteiger partial charge in [-0.05, 0) is 6.54 Å². The Morgan fingerprint density at radius 1 is 1.17 bits per heavy atom. The van der Waals surface area contributed by atoms with E-state index in [0.29, 0.717) is 0 Å². The zero-order valence-corrected chi connectivity index (χ0v) is 5.96. The second-order valence-electron chi connectivity index (χ2n) is 0.408. The van der Waals surface area contributed by atoms with Crippen LogP contribution in [0, 0.1) is 0 Å². The second kappa shape index (κ2) is 40.6. The van der Waals surface area contributed by atoms with Crippen LogP contribution in [0.5, 0.6) is 0 Å². The normalized spacial score (nSPS) is 3.00. The fraction of sp³-hybridized carbons (Fsp3) is 1.00. The monoisotopic (exact) mass is 153 g/mol. The maximum atomic E-state index is 4.85. The van der Waals surface area contributed by atoms with Crippen molar-refractivity contribution in [2.45, 2.75) is 6.92 Å². The standard InChI is InChI=1S/C2H7N.3ClH/c1-2-3;;;/h2-3H2,1H3;3*1H. The Morgan fingerprint density at radius 3 is 1.17 bits per heavy atom. The van der Waals surface area contributed by atoms with E-state index < -0.39 is 0 Å². The van der Waals surface area contributed by atoms with Gasteiger partial charge in [0, 0.05) is 0 Å². The maximum Gasteiger partial charge on any atom is -0.0106 e.